The molecule has 1 aliphatic rings. The fourth-order valence-corrected chi connectivity index (χ4v) is 2.39. The lowest BCUT2D eigenvalue weighted by Crippen LogP contribution is -2.41. The lowest BCUT2D eigenvalue weighted by molar-refractivity contribution is -0.129. The Labute approximate surface area is 113 Å². The zero-order valence-corrected chi connectivity index (χ0v) is 11.4. The summed E-state index contributed by atoms with van der Waals surface area (Å²) in [6.45, 7) is 3.00. The standard InChI is InChI=1S/C15H18ClNO/c1-12-4-2-3-11-17(12)15(18)10-7-13-5-8-14(16)9-6-13/h5-10,12H,2-4,11H2,1H3/b10-7+. The molecule has 0 saturated carbocycles. The van der Waals surface area contributed by atoms with Crippen molar-refractivity contribution >= 4 is 23.6 Å². The average molecular weight is 264 g/mol. The molecule has 0 aromatic heterocycles. The van der Waals surface area contributed by atoms with Crippen molar-refractivity contribution in [3.63, 3.8) is 0 Å². The van der Waals surface area contributed by atoms with Gasteiger partial charge in [0.15, 0.2) is 0 Å². The average Bonchev–Trinajstić information content (AvgIpc) is 2.38. The molecule has 0 spiro atoms. The summed E-state index contributed by atoms with van der Waals surface area (Å²) in [5.41, 5.74) is 0.998. The molecule has 0 radical (unpaired) electrons. The molecule has 18 heavy (non-hydrogen) atoms. The summed E-state index contributed by atoms with van der Waals surface area (Å²) in [7, 11) is 0. The number of hydrogen-bond donors (Lipinski definition) is 0. The minimum atomic E-state index is 0.108. The van der Waals surface area contributed by atoms with Crippen molar-refractivity contribution in [1.82, 2.24) is 4.90 Å². The van der Waals surface area contributed by atoms with Gasteiger partial charge in [0.1, 0.15) is 0 Å². The summed E-state index contributed by atoms with van der Waals surface area (Å²) in [6.07, 6.45) is 6.96. The van der Waals surface area contributed by atoms with Crippen molar-refractivity contribution < 1.29 is 4.79 Å². The first-order valence-corrected chi connectivity index (χ1v) is 6.79. The molecule has 2 nitrogen and oxygen atoms in total. The van der Waals surface area contributed by atoms with Crippen molar-refractivity contribution in [3.8, 4) is 0 Å². The fraction of sp³-hybridized carbons (Fsp3) is 0.400. The minimum Gasteiger partial charge on any atom is -0.336 e. The van der Waals surface area contributed by atoms with Crippen LogP contribution < -0.4 is 0 Å². The summed E-state index contributed by atoms with van der Waals surface area (Å²) >= 11 is 5.82. The molecule has 1 saturated heterocycles. The van der Waals surface area contributed by atoms with Gasteiger partial charge in [-0.2, -0.15) is 0 Å². The van der Waals surface area contributed by atoms with Gasteiger partial charge in [0.2, 0.25) is 5.91 Å². The number of hydrogen-bond acceptors (Lipinski definition) is 1. The van der Waals surface area contributed by atoms with Crippen LogP contribution in [0.15, 0.2) is 30.3 Å². The number of carbonyl (C=O) groups excluding carboxylic acids is 1. The van der Waals surface area contributed by atoms with Crippen molar-refractivity contribution in [2.24, 2.45) is 0 Å². The predicted molar refractivity (Wildman–Crippen MR) is 75.5 cm³/mol. The quantitative estimate of drug-likeness (QED) is 0.744. The molecule has 1 heterocycles. The van der Waals surface area contributed by atoms with E-state index >= 15 is 0 Å². The Morgan fingerprint density at radius 2 is 2.06 bits per heavy atom. The van der Waals surface area contributed by atoms with Crippen molar-refractivity contribution in [2.75, 3.05) is 6.54 Å². The lowest BCUT2D eigenvalue weighted by atomic mass is 10.0. The third-order valence-electron chi connectivity index (χ3n) is 3.37. The molecule has 0 bridgehead atoms. The van der Waals surface area contributed by atoms with Gasteiger partial charge in [-0.25, -0.2) is 0 Å². The monoisotopic (exact) mass is 263 g/mol. The maximum absolute atomic E-state index is 12.1. The summed E-state index contributed by atoms with van der Waals surface area (Å²) in [5, 5.41) is 0.711. The molecule has 96 valence electrons. The van der Waals surface area contributed by atoms with Crippen LogP contribution in [-0.4, -0.2) is 23.4 Å². The van der Waals surface area contributed by atoms with Crippen molar-refractivity contribution in [3.05, 3.63) is 40.9 Å². The van der Waals surface area contributed by atoms with Gasteiger partial charge < -0.3 is 4.90 Å². The van der Waals surface area contributed by atoms with E-state index in [9.17, 15) is 4.79 Å². The van der Waals surface area contributed by atoms with E-state index in [1.54, 1.807) is 6.08 Å². The Hall–Kier alpha value is -1.28. The van der Waals surface area contributed by atoms with Crippen LogP contribution in [0.5, 0.6) is 0 Å². The number of piperidine rings is 1. The molecule has 1 atom stereocenters. The van der Waals surface area contributed by atoms with Crippen LogP contribution in [0, 0.1) is 0 Å². The van der Waals surface area contributed by atoms with Crippen LogP contribution in [0.3, 0.4) is 0 Å². The Balaban J connectivity index is 1.99. The first-order valence-electron chi connectivity index (χ1n) is 6.41. The highest BCUT2D eigenvalue weighted by molar-refractivity contribution is 6.30. The van der Waals surface area contributed by atoms with Gasteiger partial charge in [-0.3, -0.25) is 4.79 Å². The summed E-state index contributed by atoms with van der Waals surface area (Å²) in [5.74, 6) is 0.108. The molecule has 1 unspecified atom stereocenters. The number of benzene rings is 1. The van der Waals surface area contributed by atoms with Crippen molar-refractivity contribution in [1.29, 1.82) is 0 Å². The third-order valence-corrected chi connectivity index (χ3v) is 3.63. The van der Waals surface area contributed by atoms with Crippen LogP contribution in [0.1, 0.15) is 31.7 Å². The van der Waals surface area contributed by atoms with Crippen LogP contribution >= 0.6 is 11.6 Å². The van der Waals surface area contributed by atoms with Crippen LogP contribution in [0.4, 0.5) is 0 Å². The second-order valence-corrected chi connectivity index (χ2v) is 5.20. The molecular formula is C15H18ClNO. The zero-order chi connectivity index (χ0) is 13.0. The van der Waals surface area contributed by atoms with E-state index in [1.807, 2.05) is 35.2 Å². The van der Waals surface area contributed by atoms with Gasteiger partial charge in [0, 0.05) is 23.7 Å². The Morgan fingerprint density at radius 1 is 1.33 bits per heavy atom. The highest BCUT2D eigenvalue weighted by Crippen LogP contribution is 2.17. The number of amides is 1. The van der Waals surface area contributed by atoms with E-state index in [-0.39, 0.29) is 5.91 Å². The van der Waals surface area contributed by atoms with Gasteiger partial charge in [0.05, 0.1) is 0 Å². The van der Waals surface area contributed by atoms with E-state index in [4.69, 9.17) is 11.6 Å². The second kappa shape index (κ2) is 6.05. The fourth-order valence-electron chi connectivity index (χ4n) is 2.26. The maximum atomic E-state index is 12.1. The van der Waals surface area contributed by atoms with Gasteiger partial charge in [0.25, 0.3) is 0 Å². The molecular weight excluding hydrogens is 246 g/mol. The SMILES string of the molecule is CC1CCCCN1C(=O)/C=C/c1ccc(Cl)cc1. The van der Waals surface area contributed by atoms with E-state index in [1.165, 1.54) is 6.42 Å². The molecule has 2 rings (SSSR count). The Kier molecular flexibility index (Phi) is 4.43. The first-order chi connectivity index (χ1) is 8.66. The first kappa shape index (κ1) is 13.2. The topological polar surface area (TPSA) is 20.3 Å². The normalized spacial score (nSPS) is 20.3. The number of likely N-dealkylation sites (tertiary alicyclic amines) is 1. The zero-order valence-electron chi connectivity index (χ0n) is 10.6. The Bertz CT molecular complexity index is 438. The number of nitrogens with zero attached hydrogens (tertiary/aromatic N) is 1. The molecule has 1 aromatic carbocycles. The largest absolute Gasteiger partial charge is 0.336 e. The molecule has 1 amide bonds. The molecule has 1 fully saturated rings. The summed E-state index contributed by atoms with van der Waals surface area (Å²) in [4.78, 5) is 14.0. The molecule has 1 aromatic rings. The van der Waals surface area contributed by atoms with Gasteiger partial charge in [-0.1, -0.05) is 23.7 Å². The summed E-state index contributed by atoms with van der Waals surface area (Å²) < 4.78 is 0. The van der Waals surface area contributed by atoms with E-state index in [0.29, 0.717) is 11.1 Å². The smallest absolute Gasteiger partial charge is 0.246 e. The summed E-state index contributed by atoms with van der Waals surface area (Å²) in [6, 6.07) is 7.84. The van der Waals surface area contributed by atoms with Gasteiger partial charge in [-0.05, 0) is 50.0 Å². The molecule has 0 aliphatic carbocycles. The minimum absolute atomic E-state index is 0.108. The van der Waals surface area contributed by atoms with Gasteiger partial charge in [-0.15, -0.1) is 0 Å². The van der Waals surface area contributed by atoms with Crippen molar-refractivity contribution in [2.45, 2.75) is 32.2 Å². The van der Waals surface area contributed by atoms with Crippen LogP contribution in [-0.2, 0) is 4.79 Å². The third kappa shape index (κ3) is 3.36. The lowest BCUT2D eigenvalue weighted by Gasteiger charge is -2.32. The molecule has 0 N–H and O–H groups in total. The highest BCUT2D eigenvalue weighted by atomic mass is 35.5. The number of halogens is 1. The van der Waals surface area contributed by atoms with E-state index in [0.717, 1.165) is 24.9 Å². The second-order valence-electron chi connectivity index (χ2n) is 4.76. The molecule has 1 aliphatic heterocycles. The van der Waals surface area contributed by atoms with E-state index in [2.05, 4.69) is 6.92 Å². The highest BCUT2D eigenvalue weighted by Gasteiger charge is 2.20. The van der Waals surface area contributed by atoms with Crippen LogP contribution in [0.2, 0.25) is 5.02 Å². The number of carbonyl (C=O) groups is 1. The van der Waals surface area contributed by atoms with Crippen LogP contribution in [0.25, 0.3) is 6.08 Å². The number of rotatable bonds is 2. The molecule has 3 heteroatoms. The maximum Gasteiger partial charge on any atom is 0.246 e. The van der Waals surface area contributed by atoms with Gasteiger partial charge >= 0.3 is 0 Å². The predicted octanol–water partition coefficient (Wildman–Crippen LogP) is 3.75. The Morgan fingerprint density at radius 3 is 2.72 bits per heavy atom. The van der Waals surface area contributed by atoms with E-state index < -0.39 is 0 Å².